The molecule has 9 heterocycles. The van der Waals surface area contributed by atoms with Gasteiger partial charge in [0.25, 0.3) is 10.1 Å². The van der Waals surface area contributed by atoms with E-state index in [1.807, 2.05) is 34.6 Å². The molecule has 36 heteroatoms. The van der Waals surface area contributed by atoms with E-state index < -0.39 is 219 Å². The summed E-state index contributed by atoms with van der Waals surface area (Å²) in [4.78, 5) is 189. The van der Waals surface area contributed by atoms with Crippen LogP contribution in [0.5, 0.6) is 0 Å². The van der Waals surface area contributed by atoms with Crippen molar-refractivity contribution < 1.29 is 165 Å². The van der Waals surface area contributed by atoms with Gasteiger partial charge in [-0.25, -0.2) is 24.0 Å². The Bertz CT molecular complexity index is 3840. The minimum atomic E-state index is -3.53. The minimum Gasteiger partial charge on any atom is -0.465 e. The van der Waals surface area contributed by atoms with Gasteiger partial charge in [0.1, 0.15) is 54.7 Å². The zero-order valence-electron chi connectivity index (χ0n) is 68.8. The summed E-state index contributed by atoms with van der Waals surface area (Å²) in [5.41, 5.74) is -3.20. The van der Waals surface area contributed by atoms with Crippen LogP contribution in [0.4, 0.5) is 0 Å². The molecule has 15 rings (SSSR count). The van der Waals surface area contributed by atoms with Crippen molar-refractivity contribution in [1.82, 2.24) is 0 Å². The number of hydrogen-bond donors (Lipinski definition) is 0. The molecule has 9 aliphatic heterocycles. The molecule has 0 radical (unpaired) electrons. The van der Waals surface area contributed by atoms with Crippen LogP contribution in [0.1, 0.15) is 187 Å². The molecule has 117 heavy (non-hydrogen) atoms. The molecule has 15 aliphatic rings. The van der Waals surface area contributed by atoms with E-state index >= 15 is 0 Å². The highest BCUT2D eigenvalue weighted by Crippen LogP contribution is 2.59. The Morgan fingerprint density at radius 2 is 0.684 bits per heavy atom. The van der Waals surface area contributed by atoms with Gasteiger partial charge in [0, 0.05) is 48.3 Å². The van der Waals surface area contributed by atoms with Gasteiger partial charge in [-0.15, -0.1) is 0 Å². The summed E-state index contributed by atoms with van der Waals surface area (Å²) in [6.45, 7) is 25.6. The average molecular weight is 1680 g/mol. The van der Waals surface area contributed by atoms with Crippen molar-refractivity contribution in [3.8, 4) is 0 Å². The second-order valence-corrected chi connectivity index (χ2v) is 38.2. The predicted octanol–water partition coefficient (Wildman–Crippen LogP) is 5.16. The molecule has 6 aliphatic carbocycles. The SMILES string of the molecule is CCC(C)(C)C(=O)OCC(=O)OC1C2CC3C1OS(=O)(=O)C3C2.CCC(C)(C)C(=O)OCC(=O)OC1CC2CC1C1C(=O)OC(=O)C21.CCC(C)(C)C(=O)OCC(=O)OC1CC2CC1C1C(=O)OCC21.CCC(C)(C)C(=O)OCC(=O)OC1CC2OC1C1C(=O)OC(=O)C21.CCC(C)(C)C(=O)OCC(=O)OC1CC2OC1C1C(=O)OCC21. The minimum absolute atomic E-state index is 0.0130. The summed E-state index contributed by atoms with van der Waals surface area (Å²) < 4.78 is 112. The molecule has 0 aromatic carbocycles. The summed E-state index contributed by atoms with van der Waals surface area (Å²) in [7, 11) is -3.53. The van der Waals surface area contributed by atoms with Crippen molar-refractivity contribution in [2.45, 2.75) is 254 Å². The molecule has 0 aromatic rings. The van der Waals surface area contributed by atoms with Gasteiger partial charge < -0.3 is 75.8 Å². The number of hydrogen-bond acceptors (Lipinski definition) is 35. The number of fused-ring (bicyclic) bond motifs is 21. The molecule has 10 bridgehead atoms. The van der Waals surface area contributed by atoms with E-state index in [1.165, 1.54) is 0 Å². The lowest BCUT2D eigenvalue weighted by Gasteiger charge is -2.28. The fourth-order valence-electron chi connectivity index (χ4n) is 18.4. The maximum absolute atomic E-state index is 12.0. The van der Waals surface area contributed by atoms with Crippen LogP contribution in [0.25, 0.3) is 0 Å². The predicted molar refractivity (Wildman–Crippen MR) is 389 cm³/mol. The summed E-state index contributed by atoms with van der Waals surface area (Å²) >= 11 is 0. The highest BCUT2D eigenvalue weighted by molar-refractivity contribution is 7.87. The van der Waals surface area contributed by atoms with Gasteiger partial charge >= 0.3 is 95.5 Å². The number of carbonyl (C=O) groups is 16. The molecular weight excluding hydrogens is 1560 g/mol. The maximum Gasteiger partial charge on any atom is 0.344 e. The van der Waals surface area contributed by atoms with Crippen LogP contribution >= 0.6 is 0 Å². The molecule has 9 saturated heterocycles. The van der Waals surface area contributed by atoms with Crippen LogP contribution in [0, 0.1) is 110 Å². The van der Waals surface area contributed by atoms with Crippen molar-refractivity contribution in [3.63, 3.8) is 0 Å². The molecule has 0 spiro atoms. The first-order valence-corrected chi connectivity index (χ1v) is 42.2. The Morgan fingerprint density at radius 1 is 0.333 bits per heavy atom. The Balaban J connectivity index is 0.000000144. The molecule has 0 amide bonds. The fourth-order valence-corrected chi connectivity index (χ4v) is 20.3. The number of cyclic esters (lactones) is 6. The number of rotatable bonds is 25. The summed E-state index contributed by atoms with van der Waals surface area (Å²) in [6, 6.07) is 0. The first kappa shape index (κ1) is 89.5. The lowest BCUT2D eigenvalue weighted by Crippen LogP contribution is -2.41. The average Bonchev–Trinajstić information content (AvgIpc) is 1.52. The number of ether oxygens (including phenoxy) is 16. The van der Waals surface area contributed by atoms with Crippen molar-refractivity contribution in [3.05, 3.63) is 0 Å². The van der Waals surface area contributed by atoms with Crippen molar-refractivity contribution >= 4 is 106 Å². The quantitative estimate of drug-likeness (QED) is 0.0493. The van der Waals surface area contributed by atoms with Gasteiger partial charge in [-0.3, -0.25) is 56.9 Å². The van der Waals surface area contributed by atoms with Gasteiger partial charge in [0.15, 0.2) is 33.0 Å². The molecule has 15 fully saturated rings. The van der Waals surface area contributed by atoms with Crippen LogP contribution in [0.15, 0.2) is 0 Å². The van der Waals surface area contributed by atoms with E-state index in [0.717, 1.165) is 12.8 Å². The molecule has 0 N–H and O–H groups in total. The molecule has 6 saturated carbocycles. The van der Waals surface area contributed by atoms with Gasteiger partial charge in [0.05, 0.1) is 87.3 Å². The van der Waals surface area contributed by atoms with Gasteiger partial charge in [-0.1, -0.05) is 34.6 Å². The van der Waals surface area contributed by atoms with Crippen LogP contribution in [0.2, 0.25) is 0 Å². The topological polar surface area (TPSA) is 464 Å². The first-order chi connectivity index (χ1) is 54.8. The lowest BCUT2D eigenvalue weighted by atomic mass is 9.79. The Labute approximate surface area is 677 Å². The maximum atomic E-state index is 12.0. The van der Waals surface area contributed by atoms with E-state index in [4.69, 9.17) is 75.2 Å². The largest absolute Gasteiger partial charge is 0.465 e. The second-order valence-electron chi connectivity index (χ2n) is 36.4. The van der Waals surface area contributed by atoms with Gasteiger partial charge in [-0.05, 0) is 152 Å². The third-order valence-electron chi connectivity index (χ3n) is 27.3. The Kier molecular flexibility index (Phi) is 26.7. The van der Waals surface area contributed by atoms with E-state index in [1.54, 1.807) is 69.2 Å². The molecular formula is C81H110O35S. The normalized spacial score (nSPS) is 34.9. The highest BCUT2D eigenvalue weighted by atomic mass is 32.2. The lowest BCUT2D eigenvalue weighted by molar-refractivity contribution is -0.171. The smallest absolute Gasteiger partial charge is 0.344 e. The zero-order valence-corrected chi connectivity index (χ0v) is 69.6. The molecule has 0 aromatic heterocycles. The third kappa shape index (κ3) is 18.6. The van der Waals surface area contributed by atoms with Crippen molar-refractivity contribution in [1.29, 1.82) is 0 Å². The zero-order chi connectivity index (χ0) is 85.8. The Hall–Kier alpha value is -8.25. The van der Waals surface area contributed by atoms with E-state index in [2.05, 4.69) is 4.74 Å². The summed E-state index contributed by atoms with van der Waals surface area (Å²) in [5, 5.41) is -0.448. The van der Waals surface area contributed by atoms with Gasteiger partial charge in [-0.2, -0.15) is 8.42 Å². The first-order valence-electron chi connectivity index (χ1n) is 40.7. The number of carbonyl (C=O) groups excluding carboxylic acids is 16. The van der Waals surface area contributed by atoms with Crippen molar-refractivity contribution in [2.24, 2.45) is 110 Å². The fraction of sp³-hybridized carbons (Fsp3) is 0.802. The summed E-state index contributed by atoms with van der Waals surface area (Å²) in [5.74, 6) is -9.94. The third-order valence-corrected chi connectivity index (χ3v) is 29.1. The van der Waals surface area contributed by atoms with E-state index in [0.29, 0.717) is 95.7 Å². The van der Waals surface area contributed by atoms with Crippen molar-refractivity contribution in [2.75, 3.05) is 46.2 Å². The van der Waals surface area contributed by atoms with E-state index in [9.17, 15) is 85.1 Å². The molecule has 25 atom stereocenters. The molecule has 35 nitrogen and oxygen atoms in total. The van der Waals surface area contributed by atoms with Crippen LogP contribution in [-0.4, -0.2) is 216 Å². The van der Waals surface area contributed by atoms with E-state index in [-0.39, 0.29) is 84.0 Å². The molecule has 650 valence electrons. The second kappa shape index (κ2) is 34.8. The van der Waals surface area contributed by atoms with Gasteiger partial charge in [0.2, 0.25) is 0 Å². The summed E-state index contributed by atoms with van der Waals surface area (Å²) in [6.07, 6.45) is 3.45. The monoisotopic (exact) mass is 1670 g/mol. The van der Waals surface area contributed by atoms with Crippen LogP contribution in [-0.2, 0) is 167 Å². The van der Waals surface area contributed by atoms with Crippen LogP contribution < -0.4 is 0 Å². The standard InChI is InChI=1S/C17H22O7.C17H24O6.C16H20O8.C16H22O7.C15H22O7S/c1-4-17(2,3)16(21)22-7-11(18)23-10-6-8-5-9(10)13-12(8)14(19)24-15(13)20;1-4-17(2,3)16(20)22-8-13(18)23-12-6-9-5-10(12)14-11(9)7-21-15(14)19;1-4-16(2,3)15(20)21-6-9(17)22-8-5-7-10-11(12(8)23-7)14(19)24-13(10)18;1-4-16(2,3)15(19)21-7-11(17)22-10-5-9-8-6-20-14(18)12(8)13(10)23-9;1-4-15(2,3)14(17)20-7-11(16)21-12-8-5-9-10(6-8)23(18,19)22-13(9)12/h8-10,12-13H,4-7H2,1-3H3;9-12,14H,4-8H2,1-3H3;7-8,10-12H,4-6H2,1-3H3;2*8-10,12-13H,4-7H2,1-3H3. The molecule has 25 unspecified atom stereocenters. The van der Waals surface area contributed by atoms with Crippen LogP contribution in [0.3, 0.4) is 0 Å². The number of esters is 16. The highest BCUT2D eigenvalue weighted by Gasteiger charge is 2.69. The Morgan fingerprint density at radius 3 is 1.15 bits per heavy atom.